The van der Waals surface area contributed by atoms with E-state index in [0.29, 0.717) is 17.5 Å². The average molecular weight is 642 g/mol. The third-order valence-electron chi connectivity index (χ3n) is 9.51. The van der Waals surface area contributed by atoms with E-state index in [2.05, 4.69) is 109 Å². The van der Waals surface area contributed by atoms with Gasteiger partial charge in [-0.05, 0) is 34.4 Å². The van der Waals surface area contributed by atoms with Gasteiger partial charge in [0.1, 0.15) is 11.5 Å². The molecule has 236 valence electrons. The minimum Gasteiger partial charge on any atom is -0.457 e. The monoisotopic (exact) mass is 641 g/mol. The quantitative estimate of drug-likeness (QED) is 0.181. The van der Waals surface area contributed by atoms with Crippen molar-refractivity contribution in [3.05, 3.63) is 210 Å². The Morgan fingerprint density at radius 1 is 0.320 bits per heavy atom. The average Bonchev–Trinajstić information content (AvgIpc) is 3.21. The maximum Gasteiger partial charge on any atom is 0.164 e. The number of hydrogen-bond donors (Lipinski definition) is 0. The zero-order valence-corrected chi connectivity index (χ0v) is 27.1. The van der Waals surface area contributed by atoms with E-state index >= 15 is 0 Å². The van der Waals surface area contributed by atoms with Crippen LogP contribution in [-0.4, -0.2) is 15.0 Å². The molecule has 1 aromatic heterocycles. The van der Waals surface area contributed by atoms with Crippen LogP contribution in [0, 0.1) is 0 Å². The van der Waals surface area contributed by atoms with Gasteiger partial charge in [0.05, 0.1) is 5.41 Å². The Morgan fingerprint density at radius 2 is 0.740 bits per heavy atom. The second-order valence-electron chi connectivity index (χ2n) is 12.4. The number of nitrogens with zero attached hydrogens (tertiary/aromatic N) is 3. The van der Waals surface area contributed by atoms with E-state index in [1.807, 2.05) is 78.9 Å². The topological polar surface area (TPSA) is 47.9 Å². The maximum atomic E-state index is 6.50. The summed E-state index contributed by atoms with van der Waals surface area (Å²) in [5.74, 6) is 3.64. The Kier molecular flexibility index (Phi) is 7.33. The molecule has 0 saturated heterocycles. The van der Waals surface area contributed by atoms with E-state index < -0.39 is 5.41 Å². The first-order valence-electron chi connectivity index (χ1n) is 16.8. The maximum absolute atomic E-state index is 6.50. The lowest BCUT2D eigenvalue weighted by Gasteiger charge is -2.41. The number of hydrogen-bond acceptors (Lipinski definition) is 4. The van der Waals surface area contributed by atoms with Gasteiger partial charge >= 0.3 is 0 Å². The Balaban J connectivity index is 1.21. The molecule has 0 atom stereocenters. The van der Waals surface area contributed by atoms with Crippen molar-refractivity contribution < 1.29 is 4.74 Å². The Labute approximate surface area is 291 Å². The Bertz CT molecular complexity index is 2340. The van der Waals surface area contributed by atoms with Crippen molar-refractivity contribution in [2.24, 2.45) is 0 Å². The number of rotatable bonds is 6. The summed E-state index contributed by atoms with van der Waals surface area (Å²) in [4.78, 5) is 15.0. The molecule has 1 aliphatic rings. The second kappa shape index (κ2) is 12.4. The van der Waals surface area contributed by atoms with Crippen LogP contribution in [0.15, 0.2) is 188 Å². The van der Waals surface area contributed by atoms with Crippen LogP contribution in [0.1, 0.15) is 22.3 Å². The summed E-state index contributed by atoms with van der Waals surface area (Å²) in [6.07, 6.45) is 0. The summed E-state index contributed by atoms with van der Waals surface area (Å²) in [5.41, 5.74) is 8.95. The molecule has 1 aliphatic heterocycles. The molecule has 0 amide bonds. The molecular formula is C46H31N3O. The fourth-order valence-corrected chi connectivity index (χ4v) is 7.23. The van der Waals surface area contributed by atoms with Crippen LogP contribution < -0.4 is 4.74 Å². The molecule has 8 aromatic rings. The third kappa shape index (κ3) is 4.97. The van der Waals surface area contributed by atoms with Crippen molar-refractivity contribution in [1.82, 2.24) is 15.0 Å². The van der Waals surface area contributed by atoms with Crippen molar-refractivity contribution >= 4 is 0 Å². The van der Waals surface area contributed by atoms with E-state index in [0.717, 1.165) is 56.0 Å². The Hall–Kier alpha value is -6.65. The van der Waals surface area contributed by atoms with Gasteiger partial charge in [0, 0.05) is 27.8 Å². The molecule has 50 heavy (non-hydrogen) atoms. The molecule has 0 radical (unpaired) electrons. The molecule has 2 heterocycles. The zero-order valence-electron chi connectivity index (χ0n) is 27.1. The first kappa shape index (κ1) is 29.5. The normalized spacial score (nSPS) is 12.7. The summed E-state index contributed by atoms with van der Waals surface area (Å²) in [7, 11) is 0. The largest absolute Gasteiger partial charge is 0.457 e. The minimum atomic E-state index is -0.575. The van der Waals surface area contributed by atoms with Crippen LogP contribution in [0.25, 0.3) is 45.3 Å². The number of benzene rings is 7. The van der Waals surface area contributed by atoms with Crippen LogP contribution in [0.4, 0.5) is 0 Å². The van der Waals surface area contributed by atoms with Crippen molar-refractivity contribution in [1.29, 1.82) is 0 Å². The number of ether oxygens (including phenoxy) is 1. The van der Waals surface area contributed by atoms with Crippen molar-refractivity contribution in [2.45, 2.75) is 5.41 Å². The molecule has 4 nitrogen and oxygen atoms in total. The molecule has 0 fully saturated rings. The van der Waals surface area contributed by atoms with Gasteiger partial charge in [-0.1, -0.05) is 176 Å². The summed E-state index contributed by atoms with van der Waals surface area (Å²) in [5, 5.41) is 0. The van der Waals surface area contributed by atoms with Gasteiger partial charge in [-0.15, -0.1) is 0 Å². The molecular weight excluding hydrogens is 611 g/mol. The van der Waals surface area contributed by atoms with Gasteiger partial charge < -0.3 is 4.74 Å². The van der Waals surface area contributed by atoms with E-state index in [1.54, 1.807) is 0 Å². The van der Waals surface area contributed by atoms with Crippen LogP contribution >= 0.6 is 0 Å². The van der Waals surface area contributed by atoms with Crippen molar-refractivity contribution in [2.75, 3.05) is 0 Å². The first-order chi connectivity index (χ1) is 24.8. The number of aromatic nitrogens is 3. The molecule has 0 aliphatic carbocycles. The van der Waals surface area contributed by atoms with Crippen LogP contribution in [0.5, 0.6) is 11.5 Å². The zero-order chi connectivity index (χ0) is 33.3. The van der Waals surface area contributed by atoms with Crippen molar-refractivity contribution in [3.8, 4) is 56.8 Å². The molecule has 0 spiro atoms. The van der Waals surface area contributed by atoms with Gasteiger partial charge in [-0.3, -0.25) is 0 Å². The van der Waals surface area contributed by atoms with Gasteiger partial charge in [0.2, 0.25) is 0 Å². The van der Waals surface area contributed by atoms with Gasteiger partial charge in [0.25, 0.3) is 0 Å². The van der Waals surface area contributed by atoms with Gasteiger partial charge in [-0.25, -0.2) is 15.0 Å². The van der Waals surface area contributed by atoms with Gasteiger partial charge in [-0.2, -0.15) is 0 Å². The lowest BCUT2D eigenvalue weighted by molar-refractivity contribution is 0.434. The van der Waals surface area contributed by atoms with E-state index in [-0.39, 0.29) is 0 Å². The first-order valence-corrected chi connectivity index (χ1v) is 16.8. The predicted molar refractivity (Wildman–Crippen MR) is 200 cm³/mol. The summed E-state index contributed by atoms with van der Waals surface area (Å²) >= 11 is 0. The fourth-order valence-electron chi connectivity index (χ4n) is 7.23. The van der Waals surface area contributed by atoms with E-state index in [1.165, 1.54) is 5.56 Å². The Morgan fingerprint density at radius 3 is 1.30 bits per heavy atom. The molecule has 0 saturated carbocycles. The molecule has 0 unspecified atom stereocenters. The minimum absolute atomic E-state index is 0.575. The molecule has 9 rings (SSSR count). The number of fused-ring (bicyclic) bond motifs is 2. The summed E-state index contributed by atoms with van der Waals surface area (Å²) in [6.45, 7) is 0. The highest BCUT2D eigenvalue weighted by atomic mass is 16.5. The smallest absolute Gasteiger partial charge is 0.164 e. The highest BCUT2D eigenvalue weighted by Gasteiger charge is 2.45. The predicted octanol–water partition coefficient (Wildman–Crippen LogP) is 11.0. The van der Waals surface area contributed by atoms with Crippen LogP contribution in [0.3, 0.4) is 0 Å². The molecule has 0 N–H and O–H groups in total. The lowest BCUT2D eigenvalue weighted by atomic mass is 9.63. The highest BCUT2D eigenvalue weighted by Crippen LogP contribution is 2.55. The third-order valence-corrected chi connectivity index (χ3v) is 9.51. The number of para-hydroxylation sites is 2. The SMILES string of the molecule is c1ccc(-c2nc(-c3ccccc3)nc(-c3ccccc3-c3ccc(C4(c5ccccc5)c5ccccc5Oc5ccccc54)cc3)n2)cc1. The van der Waals surface area contributed by atoms with E-state index in [4.69, 9.17) is 19.7 Å². The highest BCUT2D eigenvalue weighted by molar-refractivity contribution is 5.82. The lowest BCUT2D eigenvalue weighted by Crippen LogP contribution is -2.34. The molecule has 4 heteroatoms. The summed E-state index contributed by atoms with van der Waals surface area (Å²) < 4.78 is 6.50. The molecule has 0 bridgehead atoms. The van der Waals surface area contributed by atoms with E-state index in [9.17, 15) is 0 Å². The standard InChI is InChI=1S/C46H31N3O/c1-4-16-33(17-5-1)43-47-44(34-18-6-2-7-19-34)49-45(48-43)38-23-11-10-22-37(38)32-28-30-36(31-29-32)46(35-20-8-3-9-21-35)39-24-12-14-26-41(39)50-42-27-15-13-25-40(42)46/h1-31H. The molecule has 7 aromatic carbocycles. The van der Waals surface area contributed by atoms with Gasteiger partial charge in [0.15, 0.2) is 17.5 Å². The van der Waals surface area contributed by atoms with Crippen molar-refractivity contribution in [3.63, 3.8) is 0 Å². The summed E-state index contributed by atoms with van der Waals surface area (Å²) in [6, 6.07) is 65.0. The second-order valence-corrected chi connectivity index (χ2v) is 12.4. The fraction of sp³-hybridized carbons (Fsp3) is 0.0217. The van der Waals surface area contributed by atoms with Crippen LogP contribution in [0.2, 0.25) is 0 Å². The van der Waals surface area contributed by atoms with Crippen LogP contribution in [-0.2, 0) is 5.41 Å².